The van der Waals surface area contributed by atoms with Crippen molar-refractivity contribution < 1.29 is 4.79 Å². The maximum atomic E-state index is 12.3. The molecule has 2 aromatic rings. The summed E-state index contributed by atoms with van der Waals surface area (Å²) < 4.78 is 0. The van der Waals surface area contributed by atoms with Crippen LogP contribution in [0.2, 0.25) is 0 Å². The number of rotatable bonds is 4. The molecule has 114 valence electrons. The Balaban J connectivity index is 1.55. The van der Waals surface area contributed by atoms with Gasteiger partial charge in [0.25, 0.3) is 0 Å². The Kier molecular flexibility index (Phi) is 4.54. The van der Waals surface area contributed by atoms with Crippen LogP contribution in [-0.4, -0.2) is 43.4 Å². The Morgan fingerprint density at radius 1 is 0.955 bits per heavy atom. The van der Waals surface area contributed by atoms with E-state index in [2.05, 4.69) is 41.0 Å². The van der Waals surface area contributed by atoms with E-state index in [1.165, 1.54) is 11.3 Å². The van der Waals surface area contributed by atoms with Crippen LogP contribution in [-0.2, 0) is 0 Å². The number of carbonyl (C=O) groups excluding carboxylic acids is 1. The topological polar surface area (TPSA) is 23.6 Å². The summed E-state index contributed by atoms with van der Waals surface area (Å²) in [4.78, 5) is 16.9. The minimum Gasteiger partial charge on any atom is -0.369 e. The van der Waals surface area contributed by atoms with Gasteiger partial charge in [0.1, 0.15) is 0 Å². The highest BCUT2D eigenvalue weighted by atomic mass is 16.1. The maximum Gasteiger partial charge on any atom is 0.176 e. The van der Waals surface area contributed by atoms with Gasteiger partial charge < -0.3 is 4.90 Å². The predicted molar refractivity (Wildman–Crippen MR) is 90.6 cm³/mol. The molecule has 0 radical (unpaired) electrons. The first-order valence-electron chi connectivity index (χ1n) is 7.84. The van der Waals surface area contributed by atoms with Crippen molar-refractivity contribution >= 4 is 11.5 Å². The lowest BCUT2D eigenvalue weighted by atomic mass is 10.1. The van der Waals surface area contributed by atoms with Gasteiger partial charge in [-0.05, 0) is 24.6 Å². The molecule has 0 N–H and O–H groups in total. The highest BCUT2D eigenvalue weighted by molar-refractivity contribution is 5.97. The molecule has 0 saturated carbocycles. The predicted octanol–water partition coefficient (Wildman–Crippen LogP) is 3.00. The molecule has 0 aliphatic carbocycles. The molecule has 2 aromatic carbocycles. The van der Waals surface area contributed by atoms with Crippen LogP contribution in [0.5, 0.6) is 0 Å². The Hall–Kier alpha value is -2.13. The van der Waals surface area contributed by atoms with Gasteiger partial charge in [0.15, 0.2) is 5.78 Å². The van der Waals surface area contributed by atoms with Crippen LogP contribution in [0.1, 0.15) is 15.9 Å². The number of anilines is 1. The van der Waals surface area contributed by atoms with Crippen molar-refractivity contribution in [3.63, 3.8) is 0 Å². The quantitative estimate of drug-likeness (QED) is 0.810. The number of piperazine rings is 1. The zero-order chi connectivity index (χ0) is 15.4. The fourth-order valence-electron chi connectivity index (χ4n) is 2.91. The van der Waals surface area contributed by atoms with Crippen LogP contribution >= 0.6 is 0 Å². The van der Waals surface area contributed by atoms with Crippen molar-refractivity contribution in [3.8, 4) is 0 Å². The van der Waals surface area contributed by atoms with E-state index in [1.807, 2.05) is 30.3 Å². The second kappa shape index (κ2) is 6.75. The van der Waals surface area contributed by atoms with Gasteiger partial charge in [-0.2, -0.15) is 0 Å². The second-order valence-corrected chi connectivity index (χ2v) is 5.89. The van der Waals surface area contributed by atoms with Gasteiger partial charge in [-0.25, -0.2) is 0 Å². The molecule has 1 fully saturated rings. The highest BCUT2D eigenvalue weighted by Gasteiger charge is 2.19. The number of nitrogens with zero attached hydrogens (tertiary/aromatic N) is 2. The Morgan fingerprint density at radius 3 is 2.36 bits per heavy atom. The van der Waals surface area contributed by atoms with E-state index >= 15 is 0 Å². The van der Waals surface area contributed by atoms with Gasteiger partial charge in [-0.1, -0.05) is 42.5 Å². The van der Waals surface area contributed by atoms with E-state index in [1.54, 1.807) is 0 Å². The lowest BCUT2D eigenvalue weighted by Crippen LogP contribution is -2.48. The lowest BCUT2D eigenvalue weighted by Gasteiger charge is -2.35. The van der Waals surface area contributed by atoms with Gasteiger partial charge in [0, 0.05) is 37.4 Å². The summed E-state index contributed by atoms with van der Waals surface area (Å²) in [7, 11) is 0. The normalized spacial score (nSPS) is 15.8. The van der Waals surface area contributed by atoms with Gasteiger partial charge >= 0.3 is 0 Å². The number of ketones is 1. The first-order valence-corrected chi connectivity index (χ1v) is 7.84. The van der Waals surface area contributed by atoms with Crippen molar-refractivity contribution in [1.82, 2.24) is 4.90 Å². The number of aryl methyl sites for hydroxylation is 1. The van der Waals surface area contributed by atoms with E-state index in [-0.39, 0.29) is 5.78 Å². The molecule has 3 nitrogen and oxygen atoms in total. The molecule has 3 rings (SSSR count). The fourth-order valence-corrected chi connectivity index (χ4v) is 2.91. The van der Waals surface area contributed by atoms with Crippen molar-refractivity contribution in [3.05, 3.63) is 65.7 Å². The average Bonchev–Trinajstić information content (AvgIpc) is 2.56. The minimum absolute atomic E-state index is 0.213. The van der Waals surface area contributed by atoms with Crippen LogP contribution in [0.25, 0.3) is 0 Å². The van der Waals surface area contributed by atoms with Gasteiger partial charge in [-0.15, -0.1) is 0 Å². The Bertz CT molecular complexity index is 631. The fraction of sp³-hybridized carbons (Fsp3) is 0.316. The molecule has 1 heterocycles. The largest absolute Gasteiger partial charge is 0.369 e. The number of hydrogen-bond donors (Lipinski definition) is 0. The lowest BCUT2D eigenvalue weighted by molar-refractivity contribution is 0.0926. The summed E-state index contributed by atoms with van der Waals surface area (Å²) in [6.07, 6.45) is 0. The third-order valence-corrected chi connectivity index (χ3v) is 4.20. The Morgan fingerprint density at radius 2 is 1.68 bits per heavy atom. The third-order valence-electron chi connectivity index (χ3n) is 4.20. The molecule has 0 spiro atoms. The van der Waals surface area contributed by atoms with Crippen molar-refractivity contribution in [2.75, 3.05) is 37.6 Å². The zero-order valence-corrected chi connectivity index (χ0v) is 13.0. The summed E-state index contributed by atoms with van der Waals surface area (Å²) in [6.45, 7) is 6.47. The summed E-state index contributed by atoms with van der Waals surface area (Å²) in [5.41, 5.74) is 3.39. The first-order chi connectivity index (χ1) is 10.7. The first kappa shape index (κ1) is 14.8. The van der Waals surface area contributed by atoms with E-state index in [0.29, 0.717) is 6.54 Å². The summed E-state index contributed by atoms with van der Waals surface area (Å²) in [5.74, 6) is 0.213. The molecule has 1 aliphatic heterocycles. The van der Waals surface area contributed by atoms with Gasteiger partial charge in [0.2, 0.25) is 0 Å². The zero-order valence-electron chi connectivity index (χ0n) is 13.0. The van der Waals surface area contributed by atoms with E-state index in [0.717, 1.165) is 31.7 Å². The second-order valence-electron chi connectivity index (χ2n) is 5.89. The number of hydrogen-bond acceptors (Lipinski definition) is 3. The average molecular weight is 294 g/mol. The standard InChI is InChI=1S/C19H22N2O/c1-16-6-5-9-18(14-16)21-12-10-20(11-13-21)15-19(22)17-7-3-2-4-8-17/h2-9,14H,10-13,15H2,1H3. The SMILES string of the molecule is Cc1cccc(N2CCN(CC(=O)c3ccccc3)CC2)c1. The molecule has 0 unspecified atom stereocenters. The Labute approximate surface area is 132 Å². The van der Waals surface area contributed by atoms with Crippen molar-refractivity contribution in [1.29, 1.82) is 0 Å². The van der Waals surface area contributed by atoms with E-state index in [4.69, 9.17) is 0 Å². The van der Waals surface area contributed by atoms with Crippen molar-refractivity contribution in [2.24, 2.45) is 0 Å². The third kappa shape index (κ3) is 3.55. The van der Waals surface area contributed by atoms with Gasteiger partial charge in [0.05, 0.1) is 6.54 Å². The number of carbonyl (C=O) groups is 1. The molecule has 1 saturated heterocycles. The van der Waals surface area contributed by atoms with Crippen LogP contribution in [0.4, 0.5) is 5.69 Å². The summed E-state index contributed by atoms with van der Waals surface area (Å²) in [6, 6.07) is 18.2. The molecule has 0 bridgehead atoms. The molecule has 22 heavy (non-hydrogen) atoms. The molecular weight excluding hydrogens is 272 g/mol. The van der Waals surface area contributed by atoms with E-state index in [9.17, 15) is 4.79 Å². The van der Waals surface area contributed by atoms with Crippen LogP contribution in [0, 0.1) is 6.92 Å². The molecule has 0 amide bonds. The minimum atomic E-state index is 0.213. The van der Waals surface area contributed by atoms with E-state index < -0.39 is 0 Å². The van der Waals surface area contributed by atoms with Gasteiger partial charge in [-0.3, -0.25) is 9.69 Å². The van der Waals surface area contributed by atoms with Crippen LogP contribution in [0.15, 0.2) is 54.6 Å². The summed E-state index contributed by atoms with van der Waals surface area (Å²) in [5, 5.41) is 0. The van der Waals surface area contributed by atoms with Crippen molar-refractivity contribution in [2.45, 2.75) is 6.92 Å². The van der Waals surface area contributed by atoms with Crippen LogP contribution in [0.3, 0.4) is 0 Å². The highest BCUT2D eigenvalue weighted by Crippen LogP contribution is 2.17. The monoisotopic (exact) mass is 294 g/mol. The molecule has 1 aliphatic rings. The van der Waals surface area contributed by atoms with Crippen LogP contribution < -0.4 is 4.90 Å². The smallest absolute Gasteiger partial charge is 0.176 e. The molecular formula is C19H22N2O. The summed E-state index contributed by atoms with van der Waals surface area (Å²) >= 11 is 0. The molecule has 0 atom stereocenters. The maximum absolute atomic E-state index is 12.3. The number of Topliss-reactive ketones (excluding diaryl/α,β-unsaturated/α-hetero) is 1. The molecule has 0 aromatic heterocycles. The number of benzene rings is 2. The molecule has 3 heteroatoms.